The fraction of sp³-hybridized carbons (Fsp3) is 0.238. The number of nitrogens with zero attached hydrogens (tertiary/aromatic N) is 2. The number of fused-ring (bicyclic) bond motifs is 1. The molecule has 0 unspecified atom stereocenters. The number of hydrogen-bond acceptors (Lipinski definition) is 3. The summed E-state index contributed by atoms with van der Waals surface area (Å²) < 4.78 is 7.59. The summed E-state index contributed by atoms with van der Waals surface area (Å²) >= 11 is 0. The van der Waals surface area contributed by atoms with Gasteiger partial charge in [0.1, 0.15) is 18.2 Å². The lowest BCUT2D eigenvalue weighted by atomic mass is 10.1. The molecular formula is C21H20N2O2. The van der Waals surface area contributed by atoms with Crippen LogP contribution in [0, 0.1) is 5.92 Å². The van der Waals surface area contributed by atoms with Gasteiger partial charge in [-0.15, -0.1) is 0 Å². The molecule has 126 valence electrons. The molecule has 1 atom stereocenters. The second-order valence-electron chi connectivity index (χ2n) is 6.61. The molecule has 4 nitrogen and oxygen atoms in total. The van der Waals surface area contributed by atoms with Crippen LogP contribution in [0.2, 0.25) is 0 Å². The standard InChI is InChI=1S/C21H20N2O2/c1-15-11-20-22-19(12-21(24)23(20)13-15)17-7-9-18(10-8-17)25-14-16-5-3-2-4-6-16/h2-10,12,15H,11,13-14H2,1H3/t15-/m1/s1. The van der Waals surface area contributed by atoms with Gasteiger partial charge < -0.3 is 4.74 Å². The first-order valence-electron chi connectivity index (χ1n) is 8.57. The minimum absolute atomic E-state index is 0.0359. The zero-order chi connectivity index (χ0) is 17.2. The van der Waals surface area contributed by atoms with E-state index in [2.05, 4.69) is 11.9 Å². The Morgan fingerprint density at radius 1 is 1.12 bits per heavy atom. The largest absolute Gasteiger partial charge is 0.489 e. The van der Waals surface area contributed by atoms with Gasteiger partial charge >= 0.3 is 0 Å². The predicted octanol–water partition coefficient (Wildman–Crippen LogP) is 3.68. The lowest BCUT2D eigenvalue weighted by Gasteiger charge is -2.08. The maximum Gasteiger partial charge on any atom is 0.254 e. The van der Waals surface area contributed by atoms with Crippen molar-refractivity contribution in [2.45, 2.75) is 26.5 Å². The van der Waals surface area contributed by atoms with Crippen LogP contribution in [-0.2, 0) is 19.6 Å². The average Bonchev–Trinajstić information content (AvgIpc) is 3.02. The van der Waals surface area contributed by atoms with Crippen molar-refractivity contribution in [1.82, 2.24) is 9.55 Å². The van der Waals surface area contributed by atoms with Crippen molar-refractivity contribution in [3.63, 3.8) is 0 Å². The van der Waals surface area contributed by atoms with Crippen molar-refractivity contribution in [3.05, 3.63) is 82.4 Å². The lowest BCUT2D eigenvalue weighted by molar-refractivity contribution is 0.306. The molecule has 0 aliphatic carbocycles. The Kier molecular flexibility index (Phi) is 4.10. The molecule has 2 aromatic carbocycles. The van der Waals surface area contributed by atoms with Gasteiger partial charge in [0.05, 0.1) is 5.69 Å². The highest BCUT2D eigenvalue weighted by Crippen LogP contribution is 2.23. The van der Waals surface area contributed by atoms with E-state index in [-0.39, 0.29) is 5.56 Å². The molecule has 0 fully saturated rings. The highest BCUT2D eigenvalue weighted by atomic mass is 16.5. The zero-order valence-corrected chi connectivity index (χ0v) is 14.2. The van der Waals surface area contributed by atoms with Crippen molar-refractivity contribution in [2.75, 3.05) is 0 Å². The molecule has 1 aliphatic heterocycles. The minimum Gasteiger partial charge on any atom is -0.489 e. The van der Waals surface area contributed by atoms with Crippen LogP contribution in [0.5, 0.6) is 5.75 Å². The number of rotatable bonds is 4. The third-order valence-corrected chi connectivity index (χ3v) is 4.51. The summed E-state index contributed by atoms with van der Waals surface area (Å²) in [6.07, 6.45) is 0.862. The number of aromatic nitrogens is 2. The van der Waals surface area contributed by atoms with Crippen molar-refractivity contribution < 1.29 is 4.74 Å². The van der Waals surface area contributed by atoms with Gasteiger partial charge in [0.2, 0.25) is 0 Å². The average molecular weight is 332 g/mol. The molecule has 1 aromatic heterocycles. The first kappa shape index (κ1) is 15.6. The molecule has 25 heavy (non-hydrogen) atoms. The second kappa shape index (κ2) is 6.55. The topological polar surface area (TPSA) is 44.1 Å². The Bertz CT molecular complexity index is 930. The quantitative estimate of drug-likeness (QED) is 0.732. The van der Waals surface area contributed by atoms with E-state index in [1.54, 1.807) is 10.6 Å². The molecule has 0 radical (unpaired) electrons. The third kappa shape index (κ3) is 3.33. The summed E-state index contributed by atoms with van der Waals surface area (Å²) in [5.41, 5.74) is 2.84. The van der Waals surface area contributed by atoms with Crippen LogP contribution in [0.3, 0.4) is 0 Å². The van der Waals surface area contributed by atoms with Crippen molar-refractivity contribution in [3.8, 4) is 17.0 Å². The summed E-state index contributed by atoms with van der Waals surface area (Å²) in [5, 5.41) is 0. The molecule has 0 bridgehead atoms. The number of hydrogen-bond donors (Lipinski definition) is 0. The molecule has 0 spiro atoms. The van der Waals surface area contributed by atoms with Crippen LogP contribution in [0.25, 0.3) is 11.3 Å². The highest BCUT2D eigenvalue weighted by Gasteiger charge is 2.20. The Morgan fingerprint density at radius 3 is 2.64 bits per heavy atom. The normalized spacial score (nSPS) is 15.8. The predicted molar refractivity (Wildman–Crippen MR) is 97.6 cm³/mol. The number of benzene rings is 2. The molecular weight excluding hydrogens is 312 g/mol. The van der Waals surface area contributed by atoms with Crippen molar-refractivity contribution >= 4 is 0 Å². The van der Waals surface area contributed by atoms with E-state index in [9.17, 15) is 4.79 Å². The van der Waals surface area contributed by atoms with Gasteiger partial charge in [-0.25, -0.2) is 4.98 Å². The number of ether oxygens (including phenoxy) is 1. The fourth-order valence-corrected chi connectivity index (χ4v) is 3.20. The van der Waals surface area contributed by atoms with Crippen LogP contribution < -0.4 is 10.3 Å². The maximum absolute atomic E-state index is 12.3. The van der Waals surface area contributed by atoms with Gasteiger partial charge in [0.15, 0.2) is 0 Å². The second-order valence-corrected chi connectivity index (χ2v) is 6.61. The van der Waals surface area contributed by atoms with Gasteiger partial charge in [0, 0.05) is 24.6 Å². The SMILES string of the molecule is C[C@@H]1Cc2nc(-c3ccc(OCc4ccccc4)cc3)cc(=O)n2C1. The summed E-state index contributed by atoms with van der Waals surface area (Å²) in [7, 11) is 0. The zero-order valence-electron chi connectivity index (χ0n) is 14.2. The van der Waals surface area contributed by atoms with E-state index >= 15 is 0 Å². The molecule has 0 saturated carbocycles. The van der Waals surface area contributed by atoms with Gasteiger partial charge in [0.25, 0.3) is 5.56 Å². The van der Waals surface area contributed by atoms with E-state index in [1.807, 2.05) is 54.6 Å². The van der Waals surface area contributed by atoms with E-state index < -0.39 is 0 Å². The summed E-state index contributed by atoms with van der Waals surface area (Å²) in [6, 6.07) is 19.5. The van der Waals surface area contributed by atoms with E-state index in [0.29, 0.717) is 12.5 Å². The highest BCUT2D eigenvalue weighted by molar-refractivity contribution is 5.59. The minimum atomic E-state index is 0.0359. The van der Waals surface area contributed by atoms with E-state index in [4.69, 9.17) is 4.74 Å². The molecule has 2 heterocycles. The van der Waals surface area contributed by atoms with Crippen LogP contribution in [-0.4, -0.2) is 9.55 Å². The smallest absolute Gasteiger partial charge is 0.254 e. The van der Waals surface area contributed by atoms with Crippen molar-refractivity contribution in [2.24, 2.45) is 5.92 Å². The Morgan fingerprint density at radius 2 is 1.88 bits per heavy atom. The molecule has 0 amide bonds. The molecule has 4 rings (SSSR count). The molecule has 3 aromatic rings. The van der Waals surface area contributed by atoms with E-state index in [1.165, 1.54) is 0 Å². The van der Waals surface area contributed by atoms with Crippen LogP contribution in [0.15, 0.2) is 65.5 Å². The maximum atomic E-state index is 12.3. The summed E-state index contributed by atoms with van der Waals surface area (Å²) in [6.45, 7) is 3.46. The van der Waals surface area contributed by atoms with Crippen LogP contribution >= 0.6 is 0 Å². The van der Waals surface area contributed by atoms with Gasteiger partial charge in [-0.3, -0.25) is 9.36 Å². The van der Waals surface area contributed by atoms with Gasteiger partial charge in [-0.1, -0.05) is 37.3 Å². The van der Waals surface area contributed by atoms with Crippen molar-refractivity contribution in [1.29, 1.82) is 0 Å². The molecule has 4 heteroatoms. The van der Waals surface area contributed by atoms with E-state index in [0.717, 1.165) is 41.4 Å². The fourth-order valence-electron chi connectivity index (χ4n) is 3.20. The summed E-state index contributed by atoms with van der Waals surface area (Å²) in [4.78, 5) is 17.0. The summed E-state index contributed by atoms with van der Waals surface area (Å²) in [5.74, 6) is 2.17. The first-order valence-corrected chi connectivity index (χ1v) is 8.57. The Hall–Kier alpha value is -2.88. The Labute approximate surface area is 146 Å². The third-order valence-electron chi connectivity index (χ3n) is 4.51. The molecule has 0 N–H and O–H groups in total. The monoisotopic (exact) mass is 332 g/mol. The first-order chi connectivity index (χ1) is 12.2. The Balaban J connectivity index is 1.52. The molecule has 0 saturated heterocycles. The van der Waals surface area contributed by atoms with Gasteiger partial charge in [-0.05, 0) is 35.7 Å². The van der Waals surface area contributed by atoms with Gasteiger partial charge in [-0.2, -0.15) is 0 Å². The lowest BCUT2D eigenvalue weighted by Crippen LogP contribution is -2.20. The molecule has 1 aliphatic rings. The van der Waals surface area contributed by atoms with Crippen LogP contribution in [0.1, 0.15) is 18.3 Å². The van der Waals surface area contributed by atoms with Crippen LogP contribution in [0.4, 0.5) is 0 Å².